The highest BCUT2D eigenvalue weighted by molar-refractivity contribution is 6.02. The lowest BCUT2D eigenvalue weighted by Crippen LogP contribution is -2.51. The molecular formula is C17H21F3N2O2. The number of unbranched alkanes of at least 4 members (excludes halogenated alkanes) is 1. The number of likely N-dealkylation sites (N-methyl/N-ethyl adjacent to an activating group) is 1. The first-order valence-corrected chi connectivity index (χ1v) is 7.74. The van der Waals surface area contributed by atoms with Gasteiger partial charge in [-0.15, -0.1) is 0 Å². The maximum Gasteiger partial charge on any atom is 0.454 e. The number of ketones is 1. The number of Topliss-reactive ketones (excluding diaryl/α,β-unsaturated/α-hetero) is 1. The van der Waals surface area contributed by atoms with Crippen LogP contribution >= 0.6 is 0 Å². The van der Waals surface area contributed by atoms with Gasteiger partial charge in [0.15, 0.2) is 5.72 Å². The highest BCUT2D eigenvalue weighted by Gasteiger charge is 2.53. The number of fused-ring (bicyclic) bond motifs is 1. The highest BCUT2D eigenvalue weighted by Crippen LogP contribution is 2.45. The largest absolute Gasteiger partial charge is 0.454 e. The number of anilines is 1. The molecular weight excluding hydrogens is 321 g/mol. The summed E-state index contributed by atoms with van der Waals surface area (Å²) in [5.41, 5.74) is -0.943. The van der Waals surface area contributed by atoms with E-state index in [0.29, 0.717) is 17.7 Å². The molecule has 1 N–H and O–H groups in total. The Balaban J connectivity index is 2.60. The third kappa shape index (κ3) is 3.18. The lowest BCUT2D eigenvalue weighted by molar-refractivity contribution is -0.176. The van der Waals surface area contributed by atoms with E-state index in [1.165, 1.54) is 4.90 Å². The van der Waals surface area contributed by atoms with Crippen LogP contribution in [0.25, 0.3) is 0 Å². The van der Waals surface area contributed by atoms with Gasteiger partial charge in [0, 0.05) is 24.1 Å². The molecule has 0 spiro atoms. The minimum Gasteiger partial charge on any atom is -0.361 e. The lowest BCUT2D eigenvalue weighted by atomic mass is 9.86. The van der Waals surface area contributed by atoms with Gasteiger partial charge in [0.1, 0.15) is 0 Å². The number of carbonyl (C=O) groups is 1. The molecule has 2 rings (SSSR count). The number of alkyl halides is 3. The van der Waals surface area contributed by atoms with Crippen LogP contribution in [0.5, 0.6) is 0 Å². The van der Waals surface area contributed by atoms with Crippen molar-refractivity contribution in [3.05, 3.63) is 41.6 Å². The molecule has 1 aromatic carbocycles. The summed E-state index contributed by atoms with van der Waals surface area (Å²) in [7, 11) is 3.21. The number of para-hydroxylation sites is 1. The fourth-order valence-electron chi connectivity index (χ4n) is 2.80. The molecule has 1 aliphatic rings. The Morgan fingerprint density at radius 3 is 2.54 bits per heavy atom. The number of carbonyl (C=O) groups excluding carboxylic acids is 1. The zero-order valence-corrected chi connectivity index (χ0v) is 13.9. The molecule has 1 aromatic rings. The molecule has 7 heteroatoms. The number of hydrogen-bond acceptors (Lipinski definition) is 4. The van der Waals surface area contributed by atoms with E-state index in [1.807, 2.05) is 6.92 Å². The minimum absolute atomic E-state index is 0.242. The molecule has 0 saturated heterocycles. The summed E-state index contributed by atoms with van der Waals surface area (Å²) in [4.78, 5) is 13.6. The van der Waals surface area contributed by atoms with Crippen molar-refractivity contribution in [3.63, 3.8) is 0 Å². The van der Waals surface area contributed by atoms with Gasteiger partial charge in [0.05, 0.1) is 5.57 Å². The first-order chi connectivity index (χ1) is 11.2. The molecule has 0 radical (unpaired) electrons. The first-order valence-electron chi connectivity index (χ1n) is 7.74. The van der Waals surface area contributed by atoms with Gasteiger partial charge in [0.25, 0.3) is 5.78 Å². The van der Waals surface area contributed by atoms with Gasteiger partial charge in [-0.25, -0.2) is 0 Å². The van der Waals surface area contributed by atoms with E-state index in [9.17, 15) is 18.0 Å². The van der Waals surface area contributed by atoms with Crippen molar-refractivity contribution < 1.29 is 22.7 Å². The maximum atomic E-state index is 13.1. The van der Waals surface area contributed by atoms with E-state index in [2.05, 4.69) is 5.32 Å². The van der Waals surface area contributed by atoms with Crippen LogP contribution in [0.3, 0.4) is 0 Å². The smallest absolute Gasteiger partial charge is 0.361 e. The van der Waals surface area contributed by atoms with Crippen LogP contribution < -0.4 is 5.32 Å². The number of benzene rings is 1. The number of nitrogens with one attached hydrogen (secondary N) is 1. The summed E-state index contributed by atoms with van der Waals surface area (Å²) in [6.07, 6.45) is -2.37. The fourth-order valence-corrected chi connectivity index (χ4v) is 2.80. The summed E-state index contributed by atoms with van der Waals surface area (Å²) in [5, 5.41) is 2.78. The number of hydrogen-bond donors (Lipinski definition) is 1. The van der Waals surface area contributed by atoms with Crippen LogP contribution in [0.1, 0.15) is 25.3 Å². The molecule has 24 heavy (non-hydrogen) atoms. The van der Waals surface area contributed by atoms with Crippen LogP contribution in [0.15, 0.2) is 36.0 Å². The van der Waals surface area contributed by atoms with Gasteiger partial charge in [0.2, 0.25) is 0 Å². The molecule has 0 aliphatic carbocycles. The van der Waals surface area contributed by atoms with Crippen molar-refractivity contribution in [1.82, 2.24) is 4.90 Å². The molecule has 1 atom stereocenters. The molecule has 1 unspecified atom stereocenters. The van der Waals surface area contributed by atoms with Crippen molar-refractivity contribution in [2.75, 3.05) is 26.0 Å². The normalized spacial score (nSPS) is 20.4. The first kappa shape index (κ1) is 18.5. The zero-order chi connectivity index (χ0) is 18.0. The maximum absolute atomic E-state index is 13.1. The molecule has 4 nitrogen and oxygen atoms in total. The SMILES string of the molecule is CCCCOC1(N(C)C)C(C(=O)C(F)(F)F)=CNc2ccccc21. The summed E-state index contributed by atoms with van der Waals surface area (Å²) >= 11 is 0. The molecule has 0 fully saturated rings. The van der Waals surface area contributed by atoms with Gasteiger partial charge in [-0.2, -0.15) is 13.2 Å². The number of nitrogens with zero attached hydrogens (tertiary/aromatic N) is 1. The molecule has 132 valence electrons. The van der Waals surface area contributed by atoms with E-state index in [-0.39, 0.29) is 6.61 Å². The second-order valence-corrected chi connectivity index (χ2v) is 5.82. The van der Waals surface area contributed by atoms with E-state index in [1.54, 1.807) is 38.4 Å². The average molecular weight is 342 g/mol. The van der Waals surface area contributed by atoms with Crippen LogP contribution in [0.2, 0.25) is 0 Å². The summed E-state index contributed by atoms with van der Waals surface area (Å²) in [5.74, 6) is -1.91. The second-order valence-electron chi connectivity index (χ2n) is 5.82. The van der Waals surface area contributed by atoms with E-state index < -0.39 is 23.3 Å². The summed E-state index contributed by atoms with van der Waals surface area (Å²) < 4.78 is 45.3. The Morgan fingerprint density at radius 1 is 1.29 bits per heavy atom. The Morgan fingerprint density at radius 2 is 1.96 bits per heavy atom. The van der Waals surface area contributed by atoms with Crippen molar-refractivity contribution in [2.24, 2.45) is 0 Å². The Hall–Kier alpha value is -1.86. The van der Waals surface area contributed by atoms with Gasteiger partial charge in [-0.05, 0) is 26.6 Å². The standard InChI is InChI=1S/C17H21F3N2O2/c1-4-5-10-24-16(22(2)3)12-8-6-7-9-14(12)21-11-13(16)15(23)17(18,19)20/h6-9,11,21H,4-5,10H2,1-3H3. The van der Waals surface area contributed by atoms with E-state index in [4.69, 9.17) is 4.74 Å². The van der Waals surface area contributed by atoms with Crippen LogP contribution in [0.4, 0.5) is 18.9 Å². The van der Waals surface area contributed by atoms with Gasteiger partial charge < -0.3 is 10.1 Å². The monoisotopic (exact) mass is 342 g/mol. The molecule has 1 aliphatic heterocycles. The molecule has 0 amide bonds. The fraction of sp³-hybridized carbons (Fsp3) is 0.471. The number of ether oxygens (including phenoxy) is 1. The third-order valence-corrected chi connectivity index (χ3v) is 3.97. The quantitative estimate of drug-likeness (QED) is 0.633. The van der Waals surface area contributed by atoms with Crippen molar-refractivity contribution in [2.45, 2.75) is 31.7 Å². The second kappa shape index (κ2) is 6.94. The minimum atomic E-state index is -4.98. The van der Waals surface area contributed by atoms with Crippen molar-refractivity contribution in [3.8, 4) is 0 Å². The Labute approximate surface area is 139 Å². The lowest BCUT2D eigenvalue weighted by Gasteiger charge is -2.44. The van der Waals surface area contributed by atoms with Crippen LogP contribution in [-0.2, 0) is 15.3 Å². The summed E-state index contributed by atoms with van der Waals surface area (Å²) in [6.45, 7) is 2.20. The van der Waals surface area contributed by atoms with Gasteiger partial charge in [-0.3, -0.25) is 9.69 Å². The third-order valence-electron chi connectivity index (χ3n) is 3.97. The Bertz CT molecular complexity index is 641. The van der Waals surface area contributed by atoms with Gasteiger partial charge >= 0.3 is 6.18 Å². The number of rotatable bonds is 6. The topological polar surface area (TPSA) is 41.6 Å². The van der Waals surface area contributed by atoms with Crippen LogP contribution in [0, 0.1) is 0 Å². The van der Waals surface area contributed by atoms with E-state index >= 15 is 0 Å². The average Bonchev–Trinajstić information content (AvgIpc) is 2.53. The number of halogens is 3. The zero-order valence-electron chi connectivity index (χ0n) is 13.9. The molecule has 1 heterocycles. The Kier molecular flexibility index (Phi) is 5.35. The summed E-state index contributed by atoms with van der Waals surface area (Å²) in [6, 6.07) is 6.89. The molecule has 0 bridgehead atoms. The highest BCUT2D eigenvalue weighted by atomic mass is 19.4. The molecule has 0 saturated carbocycles. The van der Waals surface area contributed by atoms with Gasteiger partial charge in [-0.1, -0.05) is 31.5 Å². The molecule has 0 aromatic heterocycles. The predicted octanol–water partition coefficient (Wildman–Crippen LogP) is 3.66. The van der Waals surface area contributed by atoms with Crippen molar-refractivity contribution >= 4 is 11.5 Å². The van der Waals surface area contributed by atoms with E-state index in [0.717, 1.165) is 12.6 Å². The van der Waals surface area contributed by atoms with Crippen LogP contribution in [-0.4, -0.2) is 37.6 Å². The van der Waals surface area contributed by atoms with Crippen molar-refractivity contribution in [1.29, 1.82) is 0 Å². The predicted molar refractivity (Wildman–Crippen MR) is 85.4 cm³/mol.